The van der Waals surface area contributed by atoms with Crippen LogP contribution < -0.4 is 0 Å². The summed E-state index contributed by atoms with van der Waals surface area (Å²) in [5.41, 5.74) is 2.90. The lowest BCUT2D eigenvalue weighted by Crippen LogP contribution is -2.56. The van der Waals surface area contributed by atoms with Crippen LogP contribution in [0.2, 0.25) is 0 Å². The largest absolute Gasteiger partial charge is 0.393 e. The van der Waals surface area contributed by atoms with E-state index < -0.39 is 11.2 Å². The summed E-state index contributed by atoms with van der Waals surface area (Å²) >= 11 is 0. The first kappa shape index (κ1) is 53.9. The van der Waals surface area contributed by atoms with E-state index in [1.165, 1.54) is 83.5 Å². The van der Waals surface area contributed by atoms with Crippen LogP contribution in [0.15, 0.2) is 11.6 Å². The van der Waals surface area contributed by atoms with Crippen molar-refractivity contribution in [3.8, 4) is 0 Å². The Labute approximate surface area is 403 Å². The molecule has 378 valence electrons. The van der Waals surface area contributed by atoms with Gasteiger partial charge in [-0.25, -0.2) is 0 Å². The average molecular weight is 908 g/mol. The van der Waals surface area contributed by atoms with Crippen molar-refractivity contribution in [2.45, 2.75) is 275 Å². The van der Waals surface area contributed by atoms with Crippen LogP contribution in [0, 0.1) is 97.6 Å². The molecule has 0 amide bonds. The highest BCUT2D eigenvalue weighted by Gasteiger charge is 2.63. The highest BCUT2D eigenvalue weighted by atomic mass is 16.3. The van der Waals surface area contributed by atoms with Gasteiger partial charge in [0.05, 0.1) is 23.4 Å². The number of fused-ring (bicyclic) bond motifs is 10. The van der Waals surface area contributed by atoms with Gasteiger partial charge in [-0.2, -0.15) is 0 Å². The summed E-state index contributed by atoms with van der Waals surface area (Å²) in [6, 6.07) is 0. The van der Waals surface area contributed by atoms with E-state index in [0.717, 1.165) is 106 Å². The molecule has 4 N–H and O–H groups in total. The van der Waals surface area contributed by atoms with Crippen molar-refractivity contribution in [3.05, 3.63) is 11.6 Å². The Morgan fingerprint density at radius 3 is 1.55 bits per heavy atom. The van der Waals surface area contributed by atoms with Crippen LogP contribution >= 0.6 is 0 Å². The molecule has 19 atom stereocenters. The lowest BCUT2D eigenvalue weighted by Gasteiger charge is -2.62. The van der Waals surface area contributed by atoms with Crippen molar-refractivity contribution in [3.63, 3.8) is 0 Å². The van der Waals surface area contributed by atoms with E-state index in [-0.39, 0.29) is 19.6 Å². The molecule has 0 aromatic carbocycles. The van der Waals surface area contributed by atoms with Gasteiger partial charge in [-0.05, 0) is 245 Å². The van der Waals surface area contributed by atoms with Gasteiger partial charge in [-0.3, -0.25) is 0 Å². The first-order chi connectivity index (χ1) is 29.7. The molecule has 0 aromatic rings. The second kappa shape index (κ2) is 19.3. The van der Waals surface area contributed by atoms with E-state index in [4.69, 9.17) is 0 Å². The highest BCUT2D eigenvalue weighted by Crippen LogP contribution is 2.70. The predicted octanol–water partition coefficient (Wildman–Crippen LogP) is 15.8. The Hall–Kier alpha value is -0.420. The summed E-state index contributed by atoms with van der Waals surface area (Å²) in [5, 5.41) is 44.3. The molecule has 0 aliphatic heterocycles. The third-order valence-corrected chi connectivity index (χ3v) is 23.4. The SMILES string of the molecule is C.CC[C@]1(O)CC[C@@]2(C)C(=CC[C@H]3[C@@H]4CC[C@H]([C@H](C)[C@H](O)CCC(C)(C)C)[C@@]4(C)CC[C@@H]32)C1.CC[C@]1(O)CC[C@@]2(C)[C@H](CC[C@@H]3[C@@H]2CC[C@]2(C)[C@@H]([C@H](C)[C@H](O)CCC(C)(C)C)CC[C@@H]32)C1. The smallest absolute Gasteiger partial charge is 0.0682 e. The normalized spacial score (nSPS) is 46.5. The molecule has 8 aliphatic carbocycles. The lowest BCUT2D eigenvalue weighted by molar-refractivity contribution is -0.154. The van der Waals surface area contributed by atoms with Gasteiger partial charge in [-0.1, -0.05) is 116 Å². The Bertz CT molecular complexity index is 1620. The van der Waals surface area contributed by atoms with E-state index in [1.54, 1.807) is 5.57 Å². The molecule has 4 nitrogen and oxygen atoms in total. The van der Waals surface area contributed by atoms with E-state index in [0.29, 0.717) is 56.2 Å². The molecule has 7 saturated carbocycles. The lowest BCUT2D eigenvalue weighted by atomic mass is 9.43. The number of aliphatic hydroxyl groups is 4. The quantitative estimate of drug-likeness (QED) is 0.165. The van der Waals surface area contributed by atoms with Gasteiger partial charge in [0.1, 0.15) is 0 Å². The van der Waals surface area contributed by atoms with Crippen LogP contribution in [0.25, 0.3) is 0 Å². The molecule has 0 radical (unpaired) electrons. The van der Waals surface area contributed by atoms with Crippen molar-refractivity contribution in [2.75, 3.05) is 0 Å². The second-order valence-electron chi connectivity index (χ2n) is 29.0. The molecule has 0 saturated heterocycles. The maximum Gasteiger partial charge on any atom is 0.0682 e. The maximum atomic E-state index is 11.1. The fourth-order valence-corrected chi connectivity index (χ4v) is 18.7. The zero-order chi connectivity index (χ0) is 47.1. The molecule has 4 heteroatoms. The number of rotatable bonds is 10. The first-order valence-corrected chi connectivity index (χ1v) is 28.2. The molecular weight excluding hydrogens is 797 g/mol. The standard InChI is InChI=1S/C30H54O2.C30H52O2.CH4/c2*1-8-30(32)18-17-28(6)21(19-30)9-10-22-24-12-11-23(29(24,7)16-13-25(22)28)20(2)26(31)14-15-27(3,4)5;/h20-26,31-32H,8-19H2,1-7H3;9,20,22-26,31-32H,8,10-19H2,1-7H3;1H4/t20-,21+,22-,23+,24-,25-,26+,28-,29+,30-;20-,22-,23+,24-,25-,26+,28-,29+,30-;/m00./s1. The van der Waals surface area contributed by atoms with Gasteiger partial charge in [-0.15, -0.1) is 0 Å². The van der Waals surface area contributed by atoms with Crippen LogP contribution in [0.3, 0.4) is 0 Å². The van der Waals surface area contributed by atoms with Crippen molar-refractivity contribution >= 4 is 0 Å². The zero-order valence-corrected chi connectivity index (χ0v) is 44.6. The first-order valence-electron chi connectivity index (χ1n) is 28.2. The van der Waals surface area contributed by atoms with E-state index in [2.05, 4.69) is 103 Å². The average Bonchev–Trinajstić information content (AvgIpc) is 3.78. The van der Waals surface area contributed by atoms with Crippen LogP contribution in [-0.4, -0.2) is 43.8 Å². The number of aliphatic hydroxyl groups excluding tert-OH is 2. The summed E-state index contributed by atoms with van der Waals surface area (Å²) < 4.78 is 0. The molecular formula is C61H110O4. The summed E-state index contributed by atoms with van der Waals surface area (Å²) in [6.45, 7) is 33.1. The van der Waals surface area contributed by atoms with E-state index in [9.17, 15) is 20.4 Å². The molecule has 0 bridgehead atoms. The predicted molar refractivity (Wildman–Crippen MR) is 275 cm³/mol. The fraction of sp³-hybridized carbons (Fsp3) is 0.967. The molecule has 8 rings (SSSR count). The minimum atomic E-state index is -0.460. The highest BCUT2D eigenvalue weighted by molar-refractivity contribution is 5.27. The summed E-state index contributed by atoms with van der Waals surface area (Å²) in [4.78, 5) is 0. The second-order valence-corrected chi connectivity index (χ2v) is 29.0. The third kappa shape index (κ3) is 10.2. The number of hydrogen-bond donors (Lipinski definition) is 4. The summed E-state index contributed by atoms with van der Waals surface area (Å²) in [6.07, 6.45) is 29.3. The van der Waals surface area contributed by atoms with Gasteiger partial charge in [0.2, 0.25) is 0 Å². The zero-order valence-electron chi connectivity index (χ0n) is 44.6. The van der Waals surface area contributed by atoms with Crippen molar-refractivity contribution in [1.29, 1.82) is 0 Å². The molecule has 7 fully saturated rings. The maximum absolute atomic E-state index is 11.1. The number of allylic oxidation sites excluding steroid dienone is 1. The van der Waals surface area contributed by atoms with Gasteiger partial charge in [0.15, 0.2) is 0 Å². The third-order valence-electron chi connectivity index (χ3n) is 23.4. The summed E-state index contributed by atoms with van der Waals surface area (Å²) in [5.74, 6) is 7.91. The van der Waals surface area contributed by atoms with Crippen LogP contribution in [-0.2, 0) is 0 Å². The van der Waals surface area contributed by atoms with Crippen LogP contribution in [0.1, 0.15) is 252 Å². The van der Waals surface area contributed by atoms with E-state index >= 15 is 0 Å². The molecule has 65 heavy (non-hydrogen) atoms. The van der Waals surface area contributed by atoms with Crippen LogP contribution in [0.5, 0.6) is 0 Å². The Balaban J connectivity index is 0.000000212. The van der Waals surface area contributed by atoms with Crippen molar-refractivity contribution in [1.82, 2.24) is 0 Å². The van der Waals surface area contributed by atoms with Gasteiger partial charge >= 0.3 is 0 Å². The number of hydrogen-bond acceptors (Lipinski definition) is 4. The minimum Gasteiger partial charge on any atom is -0.393 e. The molecule has 0 spiro atoms. The Kier molecular flexibility index (Phi) is 16.0. The van der Waals surface area contributed by atoms with Crippen molar-refractivity contribution < 1.29 is 20.4 Å². The topological polar surface area (TPSA) is 80.9 Å². The molecule has 0 heterocycles. The van der Waals surface area contributed by atoms with Crippen LogP contribution in [0.4, 0.5) is 0 Å². The van der Waals surface area contributed by atoms with E-state index in [1.807, 2.05) is 0 Å². The van der Waals surface area contributed by atoms with Crippen molar-refractivity contribution in [2.24, 2.45) is 97.6 Å². The molecule has 8 aliphatic rings. The molecule has 0 unspecified atom stereocenters. The fourth-order valence-electron chi connectivity index (χ4n) is 18.7. The van der Waals surface area contributed by atoms with Gasteiger partial charge < -0.3 is 20.4 Å². The Morgan fingerprint density at radius 2 is 1.05 bits per heavy atom. The summed E-state index contributed by atoms with van der Waals surface area (Å²) in [7, 11) is 0. The van der Waals surface area contributed by atoms with Gasteiger partial charge in [0, 0.05) is 0 Å². The van der Waals surface area contributed by atoms with Gasteiger partial charge in [0.25, 0.3) is 0 Å². The minimum absolute atomic E-state index is 0. The monoisotopic (exact) mass is 907 g/mol. The molecule has 0 aromatic heterocycles. The Morgan fingerprint density at radius 1 is 0.569 bits per heavy atom.